The van der Waals surface area contributed by atoms with Crippen LogP contribution in [0.25, 0.3) is 0 Å². The molecule has 2 N–H and O–H groups in total. The van der Waals surface area contributed by atoms with Crippen molar-refractivity contribution in [2.24, 2.45) is 5.92 Å². The Labute approximate surface area is 151 Å². The van der Waals surface area contributed by atoms with E-state index in [9.17, 15) is 9.18 Å². The highest BCUT2D eigenvalue weighted by molar-refractivity contribution is 5.97. The van der Waals surface area contributed by atoms with Crippen molar-refractivity contribution in [1.29, 1.82) is 0 Å². The Bertz CT molecular complexity index is 790. The van der Waals surface area contributed by atoms with Crippen molar-refractivity contribution >= 4 is 5.91 Å². The number of ether oxygens (including phenoxy) is 1. The maximum atomic E-state index is 13.9. The number of methoxy groups -OCH3 is 1. The summed E-state index contributed by atoms with van der Waals surface area (Å²) in [6.07, 6.45) is 0.795. The van der Waals surface area contributed by atoms with Crippen molar-refractivity contribution in [2.45, 2.75) is 32.9 Å². The first-order valence-corrected chi connectivity index (χ1v) is 8.79. The molecule has 1 aliphatic rings. The molecule has 0 aliphatic carbocycles. The quantitative estimate of drug-likeness (QED) is 0.847. The zero-order chi connectivity index (χ0) is 18.7. The number of aromatic nitrogens is 3. The summed E-state index contributed by atoms with van der Waals surface area (Å²) in [4.78, 5) is 12.8. The van der Waals surface area contributed by atoms with Crippen LogP contribution in [0.4, 0.5) is 4.39 Å². The van der Waals surface area contributed by atoms with Gasteiger partial charge in [0, 0.05) is 26.1 Å². The first kappa shape index (κ1) is 18.3. The van der Waals surface area contributed by atoms with E-state index in [0.29, 0.717) is 0 Å². The molecule has 140 valence electrons. The van der Waals surface area contributed by atoms with Gasteiger partial charge in [0.05, 0.1) is 18.7 Å². The zero-order valence-corrected chi connectivity index (χ0v) is 15.3. The number of rotatable bonds is 5. The molecule has 1 aliphatic heterocycles. The van der Waals surface area contributed by atoms with Gasteiger partial charge in [-0.25, -0.2) is 4.39 Å². The molecular weight excluding hydrogens is 337 g/mol. The topological polar surface area (TPSA) is 81.1 Å². The van der Waals surface area contributed by atoms with E-state index in [1.807, 2.05) is 13.8 Å². The number of nitrogens with one attached hydrogen (secondary N) is 2. The van der Waals surface area contributed by atoms with Crippen LogP contribution < -0.4 is 15.4 Å². The maximum absolute atomic E-state index is 13.9. The second-order valence-corrected chi connectivity index (χ2v) is 6.64. The molecule has 0 radical (unpaired) electrons. The first-order chi connectivity index (χ1) is 12.5. The van der Waals surface area contributed by atoms with E-state index in [1.54, 1.807) is 6.07 Å². The summed E-state index contributed by atoms with van der Waals surface area (Å²) in [6, 6.07) is 3.96. The van der Waals surface area contributed by atoms with Gasteiger partial charge in [-0.2, -0.15) is 0 Å². The Balaban J connectivity index is 1.90. The van der Waals surface area contributed by atoms with E-state index in [2.05, 4.69) is 25.4 Å². The van der Waals surface area contributed by atoms with Gasteiger partial charge in [-0.15, -0.1) is 10.2 Å². The van der Waals surface area contributed by atoms with Gasteiger partial charge in [-0.05, 0) is 18.1 Å². The lowest BCUT2D eigenvalue weighted by molar-refractivity contribution is 0.0918. The number of nitrogens with zero attached hydrogens (tertiary/aromatic N) is 3. The smallest absolute Gasteiger partial charge is 0.255 e. The van der Waals surface area contributed by atoms with Gasteiger partial charge in [0.25, 0.3) is 5.91 Å². The van der Waals surface area contributed by atoms with Crippen molar-refractivity contribution in [3.63, 3.8) is 0 Å². The average Bonchev–Trinajstić information content (AvgIpc) is 2.86. The summed E-state index contributed by atoms with van der Waals surface area (Å²) in [5, 5.41) is 14.9. The van der Waals surface area contributed by atoms with Crippen LogP contribution in [0.1, 0.15) is 41.9 Å². The van der Waals surface area contributed by atoms with Gasteiger partial charge in [0.15, 0.2) is 17.4 Å². The van der Waals surface area contributed by atoms with Crippen LogP contribution in [0.15, 0.2) is 18.2 Å². The van der Waals surface area contributed by atoms with E-state index in [0.717, 1.165) is 37.7 Å². The zero-order valence-electron chi connectivity index (χ0n) is 15.3. The Morgan fingerprint density at radius 1 is 1.35 bits per heavy atom. The largest absolute Gasteiger partial charge is 0.493 e. The van der Waals surface area contributed by atoms with Gasteiger partial charge in [0.2, 0.25) is 0 Å². The van der Waals surface area contributed by atoms with E-state index < -0.39 is 11.7 Å². The molecule has 2 heterocycles. The van der Waals surface area contributed by atoms with Crippen LogP contribution in [-0.2, 0) is 13.0 Å². The Morgan fingerprint density at radius 2 is 2.15 bits per heavy atom. The maximum Gasteiger partial charge on any atom is 0.255 e. The summed E-state index contributed by atoms with van der Waals surface area (Å²) in [7, 11) is 1.35. The molecule has 26 heavy (non-hydrogen) atoms. The lowest BCUT2D eigenvalue weighted by Crippen LogP contribution is -2.34. The average molecular weight is 361 g/mol. The van der Waals surface area contributed by atoms with E-state index in [-0.39, 0.29) is 23.3 Å². The number of fused-ring (bicyclic) bond motifs is 1. The number of hydrogen-bond acceptors (Lipinski definition) is 5. The van der Waals surface area contributed by atoms with Crippen LogP contribution >= 0.6 is 0 Å². The van der Waals surface area contributed by atoms with Gasteiger partial charge >= 0.3 is 0 Å². The number of para-hydroxylation sites is 1. The predicted octanol–water partition coefficient (Wildman–Crippen LogP) is 1.70. The number of carbonyl (C=O) groups is 1. The number of benzene rings is 1. The number of halogens is 1. The predicted molar refractivity (Wildman–Crippen MR) is 94.6 cm³/mol. The normalized spacial score (nSPS) is 15.3. The Morgan fingerprint density at radius 3 is 2.88 bits per heavy atom. The molecule has 1 unspecified atom stereocenters. The minimum Gasteiger partial charge on any atom is -0.493 e. The molecule has 1 aromatic carbocycles. The SMILES string of the molecule is COc1c(F)cccc1C(=O)NC(c1nnc2n1CCNCC2)C(C)C. The number of amides is 1. The summed E-state index contributed by atoms with van der Waals surface area (Å²) in [5.74, 6) is 0.697. The second-order valence-electron chi connectivity index (χ2n) is 6.64. The lowest BCUT2D eigenvalue weighted by atomic mass is 10.0. The van der Waals surface area contributed by atoms with Gasteiger partial charge < -0.3 is 19.9 Å². The van der Waals surface area contributed by atoms with Gasteiger partial charge in [0.1, 0.15) is 5.82 Å². The third-order valence-electron chi connectivity index (χ3n) is 4.54. The standard InChI is InChI=1S/C18H24FN5O2/c1-11(2)15(17-23-22-14-7-8-20-9-10-24(14)17)21-18(25)12-5-4-6-13(19)16(12)26-3/h4-6,11,15,20H,7-10H2,1-3H3,(H,21,25). The highest BCUT2D eigenvalue weighted by Gasteiger charge is 2.28. The molecule has 8 heteroatoms. The van der Waals surface area contributed by atoms with Crippen LogP contribution in [0, 0.1) is 11.7 Å². The molecule has 1 aromatic heterocycles. The van der Waals surface area contributed by atoms with Crippen molar-refractivity contribution in [3.05, 3.63) is 41.2 Å². The summed E-state index contributed by atoms with van der Waals surface area (Å²) >= 11 is 0. The van der Waals surface area contributed by atoms with Crippen LogP contribution in [0.2, 0.25) is 0 Å². The van der Waals surface area contributed by atoms with E-state index in [4.69, 9.17) is 4.74 Å². The fourth-order valence-electron chi connectivity index (χ4n) is 3.17. The van der Waals surface area contributed by atoms with Crippen molar-refractivity contribution < 1.29 is 13.9 Å². The van der Waals surface area contributed by atoms with Crippen molar-refractivity contribution in [1.82, 2.24) is 25.4 Å². The monoisotopic (exact) mass is 361 g/mol. The molecule has 3 rings (SSSR count). The van der Waals surface area contributed by atoms with Crippen LogP contribution in [-0.4, -0.2) is 40.9 Å². The molecule has 2 aromatic rings. The Kier molecular flexibility index (Phi) is 5.51. The van der Waals surface area contributed by atoms with Crippen LogP contribution in [0.3, 0.4) is 0 Å². The molecule has 0 saturated carbocycles. The van der Waals surface area contributed by atoms with Gasteiger partial charge in [-0.3, -0.25) is 4.79 Å². The minimum atomic E-state index is -0.566. The Hall–Kier alpha value is -2.48. The highest BCUT2D eigenvalue weighted by atomic mass is 19.1. The molecule has 0 bridgehead atoms. The molecule has 1 amide bonds. The third-order valence-corrected chi connectivity index (χ3v) is 4.54. The van der Waals surface area contributed by atoms with Crippen molar-refractivity contribution in [3.8, 4) is 5.75 Å². The minimum absolute atomic E-state index is 0.0585. The van der Waals surface area contributed by atoms with Crippen LogP contribution in [0.5, 0.6) is 5.75 Å². The van der Waals surface area contributed by atoms with E-state index >= 15 is 0 Å². The second kappa shape index (κ2) is 7.82. The van der Waals surface area contributed by atoms with E-state index in [1.165, 1.54) is 19.2 Å². The molecular formula is C18H24FN5O2. The summed E-state index contributed by atoms with van der Waals surface area (Å²) < 4.78 is 21.0. The number of carbonyl (C=O) groups excluding carboxylic acids is 1. The number of hydrogen-bond donors (Lipinski definition) is 2. The van der Waals surface area contributed by atoms with Gasteiger partial charge in [-0.1, -0.05) is 19.9 Å². The third kappa shape index (κ3) is 3.55. The molecule has 1 atom stereocenters. The van der Waals surface area contributed by atoms with Crippen molar-refractivity contribution in [2.75, 3.05) is 20.2 Å². The summed E-state index contributed by atoms with van der Waals surface area (Å²) in [6.45, 7) is 6.45. The first-order valence-electron chi connectivity index (χ1n) is 8.79. The fraction of sp³-hybridized carbons (Fsp3) is 0.500. The summed E-state index contributed by atoms with van der Waals surface area (Å²) in [5.41, 5.74) is 0.162. The lowest BCUT2D eigenvalue weighted by Gasteiger charge is -2.23. The molecule has 7 nitrogen and oxygen atoms in total. The highest BCUT2D eigenvalue weighted by Crippen LogP contribution is 2.26. The molecule has 0 saturated heterocycles. The molecule has 0 fully saturated rings. The molecule has 0 spiro atoms. The fourth-order valence-corrected chi connectivity index (χ4v) is 3.17.